The molecule has 0 heterocycles. The minimum absolute atomic E-state index is 0.419. The predicted molar refractivity (Wildman–Crippen MR) is 259 cm³/mol. The van der Waals surface area contributed by atoms with Crippen LogP contribution in [-0.2, 0) is 8.23 Å². The molecule has 13 heteroatoms. The highest BCUT2D eigenvalue weighted by Crippen LogP contribution is 2.28. The summed E-state index contributed by atoms with van der Waals surface area (Å²) in [5, 5.41) is 0. The fourth-order valence-electron chi connectivity index (χ4n) is 6.77. The third-order valence-electron chi connectivity index (χ3n) is 10.6. The molecular weight excluding hydrogens is 845 g/mol. The second kappa shape index (κ2) is 25.2. The number of esters is 2. The molecule has 2 unspecified atom stereocenters. The van der Waals surface area contributed by atoms with Crippen LogP contribution in [0.3, 0.4) is 0 Å². The molecule has 4 aromatic rings. The molecule has 0 spiro atoms. The first-order valence-electron chi connectivity index (χ1n) is 22.7. The van der Waals surface area contributed by atoms with Crippen LogP contribution in [0, 0.1) is 11.8 Å². The van der Waals surface area contributed by atoms with Crippen LogP contribution < -0.4 is 28.4 Å². The van der Waals surface area contributed by atoms with Gasteiger partial charge in [0.2, 0.25) is 0 Å². The van der Waals surface area contributed by atoms with Gasteiger partial charge in [-0.25, -0.2) is 9.59 Å². The molecule has 0 saturated carbocycles. The first-order valence-corrected chi connectivity index (χ1v) is 31.8. The summed E-state index contributed by atoms with van der Waals surface area (Å²) in [5.41, 5.74) is 0.918. The molecule has 0 amide bonds. The van der Waals surface area contributed by atoms with Crippen molar-refractivity contribution in [2.75, 3.05) is 26.4 Å². The first kappa shape index (κ1) is 51.2. The van der Waals surface area contributed by atoms with Gasteiger partial charge in [0, 0.05) is 0 Å². The van der Waals surface area contributed by atoms with Gasteiger partial charge in [-0.3, -0.25) is 0 Å². The molecule has 0 aliphatic heterocycles. The lowest BCUT2D eigenvalue weighted by Gasteiger charge is -2.38. The topological polar surface area (TPSA) is 108 Å². The summed E-state index contributed by atoms with van der Waals surface area (Å²) in [4.78, 5) is 25.4. The van der Waals surface area contributed by atoms with Gasteiger partial charge in [0.05, 0.1) is 37.6 Å². The van der Waals surface area contributed by atoms with Crippen LogP contribution in [0.2, 0.25) is 51.4 Å². The summed E-state index contributed by atoms with van der Waals surface area (Å²) in [7, 11) is -6.27. The number of carbonyl (C=O) groups excluding carboxylic acids is 2. The Morgan fingerprint density at radius 3 is 1.08 bits per heavy atom. The summed E-state index contributed by atoms with van der Waals surface area (Å²) in [5.74, 6) is 4.03. The monoisotopic (exact) mass is 916 g/mol. The number of hydrogen-bond donors (Lipinski definition) is 0. The fourth-order valence-corrected chi connectivity index (χ4v) is 21.0. The predicted octanol–water partition coefficient (Wildman–Crippen LogP) is 13.1. The summed E-state index contributed by atoms with van der Waals surface area (Å²) < 4.78 is 48.4. The molecule has 0 aliphatic carbocycles. The number of hydrogen-bond acceptors (Lipinski definition) is 10. The van der Waals surface area contributed by atoms with Crippen molar-refractivity contribution in [1.82, 2.24) is 0 Å². The van der Waals surface area contributed by atoms with Gasteiger partial charge in [0.15, 0.2) is 16.6 Å². The maximum absolute atomic E-state index is 12.7. The molecule has 0 N–H and O–H groups in total. The van der Waals surface area contributed by atoms with Gasteiger partial charge in [-0.2, -0.15) is 0 Å². The summed E-state index contributed by atoms with van der Waals surface area (Å²) in [6.07, 6.45) is 5.95. The molecule has 0 bridgehead atoms. The van der Waals surface area contributed by atoms with Crippen molar-refractivity contribution in [3.63, 3.8) is 0 Å². The Labute approximate surface area is 380 Å². The van der Waals surface area contributed by atoms with Crippen LogP contribution in [0.1, 0.15) is 86.9 Å². The molecule has 2 atom stereocenters. The maximum Gasteiger partial charge on any atom is 0.343 e. The van der Waals surface area contributed by atoms with E-state index in [0.717, 1.165) is 73.6 Å². The fraction of sp³-hybridized carbons (Fsp3) is 0.480. The number of benzene rings is 4. The SMILES string of the molecule is CCC(C)COc1ccc(OC(=O)c2ccc(OCCCC[Si](C)(C)O[Si](C)(C)O[Si](C)(C)CCCCOc3ccc(C(=O)Oc4ccc(OCC(C)CC)cc4)cc3)cc2)cc1. The highest BCUT2D eigenvalue weighted by molar-refractivity contribution is 6.87. The number of carbonyl (C=O) groups is 2. The van der Waals surface area contributed by atoms with E-state index in [4.69, 9.17) is 36.7 Å². The highest BCUT2D eigenvalue weighted by atomic mass is 28.5. The van der Waals surface area contributed by atoms with Crippen LogP contribution in [-0.4, -0.2) is 63.6 Å². The standard InChI is InChI=1S/C50H72O10Si3/c1-11-39(3)37-55-45-25-29-47(30-26-45)57-49(51)41-17-21-43(22-18-41)53-33-13-15-35-61(5,6)59-63(9,10)60-62(7,8)36-16-14-34-54-44-23-19-42(20-24-44)50(52)58-48-31-27-46(28-32-48)56-38-40(4)12-2/h17-32,39-40H,11-16,33-38H2,1-10H3. The van der Waals surface area contributed by atoms with Crippen LogP contribution in [0.4, 0.5) is 0 Å². The third-order valence-corrected chi connectivity index (χ3v) is 22.1. The first-order chi connectivity index (χ1) is 29.9. The molecule has 10 nitrogen and oxygen atoms in total. The number of unbranched alkanes of at least 4 members (excludes halogenated alkanes) is 2. The Bertz CT molecular complexity index is 1810. The minimum Gasteiger partial charge on any atom is -0.494 e. The van der Waals surface area contributed by atoms with Crippen molar-refractivity contribution in [2.24, 2.45) is 11.8 Å². The van der Waals surface area contributed by atoms with Crippen LogP contribution in [0.15, 0.2) is 97.1 Å². The van der Waals surface area contributed by atoms with E-state index in [2.05, 4.69) is 67.0 Å². The zero-order valence-corrected chi connectivity index (χ0v) is 42.5. The van der Waals surface area contributed by atoms with Crippen molar-refractivity contribution in [3.05, 3.63) is 108 Å². The smallest absolute Gasteiger partial charge is 0.343 e. The van der Waals surface area contributed by atoms with Crippen LogP contribution in [0.25, 0.3) is 0 Å². The van der Waals surface area contributed by atoms with Gasteiger partial charge in [-0.15, -0.1) is 0 Å². The lowest BCUT2D eigenvalue weighted by Crippen LogP contribution is -2.52. The van der Waals surface area contributed by atoms with E-state index in [1.807, 2.05) is 48.5 Å². The summed E-state index contributed by atoms with van der Waals surface area (Å²) in [6.45, 7) is 24.6. The van der Waals surface area contributed by atoms with Crippen molar-refractivity contribution in [3.8, 4) is 34.5 Å². The Hall–Kier alpha value is -4.41. The molecular formula is C50H72O10Si3. The van der Waals surface area contributed by atoms with Gasteiger partial charge < -0.3 is 36.7 Å². The Morgan fingerprint density at radius 1 is 0.444 bits per heavy atom. The van der Waals surface area contributed by atoms with E-state index in [0.29, 0.717) is 60.9 Å². The summed E-state index contributed by atoms with van der Waals surface area (Å²) in [6, 6.07) is 30.4. The zero-order chi connectivity index (χ0) is 45.9. The second-order valence-corrected chi connectivity index (χ2v) is 30.6. The van der Waals surface area contributed by atoms with Gasteiger partial charge >= 0.3 is 20.5 Å². The number of rotatable bonds is 28. The maximum atomic E-state index is 12.7. The minimum atomic E-state index is -2.34. The molecule has 63 heavy (non-hydrogen) atoms. The van der Waals surface area contributed by atoms with E-state index in [-0.39, 0.29) is 0 Å². The molecule has 0 aromatic heterocycles. The zero-order valence-electron chi connectivity index (χ0n) is 39.5. The summed E-state index contributed by atoms with van der Waals surface area (Å²) >= 11 is 0. The lowest BCUT2D eigenvalue weighted by atomic mass is 10.1. The largest absolute Gasteiger partial charge is 0.494 e. The lowest BCUT2D eigenvalue weighted by molar-refractivity contribution is 0.0725. The van der Waals surface area contributed by atoms with Gasteiger partial charge in [-0.1, -0.05) is 53.4 Å². The normalized spacial score (nSPS) is 12.9. The molecule has 0 saturated heterocycles. The molecule has 4 rings (SSSR count). The van der Waals surface area contributed by atoms with E-state index in [1.165, 1.54) is 0 Å². The van der Waals surface area contributed by atoms with Crippen molar-refractivity contribution >= 4 is 37.1 Å². The van der Waals surface area contributed by atoms with Crippen LogP contribution in [0.5, 0.6) is 34.5 Å². The van der Waals surface area contributed by atoms with E-state index in [9.17, 15) is 9.59 Å². The molecule has 4 aromatic carbocycles. The van der Waals surface area contributed by atoms with Crippen LogP contribution >= 0.6 is 0 Å². The molecule has 0 aliphatic rings. The Morgan fingerprint density at radius 2 is 0.746 bits per heavy atom. The van der Waals surface area contributed by atoms with E-state index >= 15 is 0 Å². The molecule has 344 valence electrons. The average molecular weight is 917 g/mol. The quantitative estimate of drug-likeness (QED) is 0.0236. The third kappa shape index (κ3) is 19.5. The Balaban J connectivity index is 1.07. The van der Waals surface area contributed by atoms with Gasteiger partial charge in [0.25, 0.3) is 0 Å². The average Bonchev–Trinajstić information content (AvgIpc) is 3.24. The van der Waals surface area contributed by atoms with Gasteiger partial charge in [0.1, 0.15) is 34.5 Å². The second-order valence-electron chi connectivity index (χ2n) is 18.2. The van der Waals surface area contributed by atoms with E-state index < -0.39 is 37.1 Å². The highest BCUT2D eigenvalue weighted by Gasteiger charge is 2.39. The molecule has 0 fully saturated rings. The number of ether oxygens (including phenoxy) is 6. The Kier molecular flexibility index (Phi) is 20.5. The van der Waals surface area contributed by atoms with Crippen molar-refractivity contribution in [1.29, 1.82) is 0 Å². The van der Waals surface area contributed by atoms with E-state index in [1.54, 1.807) is 48.5 Å². The molecule has 0 radical (unpaired) electrons. The van der Waals surface area contributed by atoms with Gasteiger partial charge in [-0.05, 0) is 173 Å². The van der Waals surface area contributed by atoms with Crippen molar-refractivity contribution < 1.29 is 46.2 Å². The van der Waals surface area contributed by atoms with Crippen molar-refractivity contribution in [2.45, 2.75) is 118 Å².